The molecule has 31 heavy (non-hydrogen) atoms. The van der Waals surface area contributed by atoms with E-state index in [1.54, 1.807) is 37.3 Å². The summed E-state index contributed by atoms with van der Waals surface area (Å²) in [6.45, 7) is 6.22. The van der Waals surface area contributed by atoms with Gasteiger partial charge in [-0.05, 0) is 49.8 Å². The molecule has 0 saturated heterocycles. The number of nitrogens with one attached hydrogen (secondary N) is 2. The smallest absolute Gasteiger partial charge is 0.248 e. The van der Waals surface area contributed by atoms with Gasteiger partial charge >= 0.3 is 0 Å². The second kappa shape index (κ2) is 10.1. The number of anilines is 2. The van der Waals surface area contributed by atoms with E-state index in [-0.39, 0.29) is 11.8 Å². The van der Waals surface area contributed by atoms with Gasteiger partial charge in [-0.15, -0.1) is 0 Å². The molecule has 0 atom stereocenters. The molecular weight excluding hydrogens is 412 g/mol. The summed E-state index contributed by atoms with van der Waals surface area (Å²) in [5.74, 6) is -0.347. The Bertz CT molecular complexity index is 1130. The van der Waals surface area contributed by atoms with Crippen molar-refractivity contribution in [2.45, 2.75) is 33.7 Å². The van der Waals surface area contributed by atoms with Gasteiger partial charge < -0.3 is 10.6 Å². The van der Waals surface area contributed by atoms with Gasteiger partial charge in [0.1, 0.15) is 0 Å². The van der Waals surface area contributed by atoms with Gasteiger partial charge in [0.25, 0.3) is 0 Å². The zero-order valence-electron chi connectivity index (χ0n) is 17.8. The van der Waals surface area contributed by atoms with Crippen molar-refractivity contribution in [1.82, 2.24) is 9.78 Å². The van der Waals surface area contributed by atoms with Crippen LogP contribution in [0.5, 0.6) is 0 Å². The fourth-order valence-electron chi connectivity index (χ4n) is 3.16. The molecule has 7 heteroatoms. The van der Waals surface area contributed by atoms with Crippen molar-refractivity contribution in [3.8, 4) is 0 Å². The summed E-state index contributed by atoms with van der Waals surface area (Å²) in [6, 6.07) is 14.7. The molecule has 0 fully saturated rings. The topological polar surface area (TPSA) is 76.0 Å². The van der Waals surface area contributed by atoms with Gasteiger partial charge in [-0.25, -0.2) is 0 Å². The van der Waals surface area contributed by atoms with Crippen LogP contribution in [0.15, 0.2) is 54.6 Å². The summed E-state index contributed by atoms with van der Waals surface area (Å²) in [4.78, 5) is 24.0. The summed E-state index contributed by atoms with van der Waals surface area (Å²) in [5.41, 5.74) is 4.90. The molecule has 0 radical (unpaired) electrons. The quantitative estimate of drug-likeness (QED) is 0.499. The van der Waals surface area contributed by atoms with Crippen molar-refractivity contribution in [3.63, 3.8) is 0 Å². The van der Waals surface area contributed by atoms with Crippen molar-refractivity contribution < 1.29 is 9.59 Å². The molecule has 2 aromatic carbocycles. The monoisotopic (exact) mass is 436 g/mol. The van der Waals surface area contributed by atoms with Gasteiger partial charge in [-0.2, -0.15) is 5.10 Å². The van der Waals surface area contributed by atoms with Crippen molar-refractivity contribution in [3.05, 3.63) is 82.1 Å². The van der Waals surface area contributed by atoms with E-state index in [4.69, 9.17) is 11.6 Å². The molecule has 0 aliphatic carbocycles. The number of hydrogen-bond acceptors (Lipinski definition) is 3. The maximum Gasteiger partial charge on any atom is 0.248 e. The first-order valence-corrected chi connectivity index (χ1v) is 10.4. The second-order valence-electron chi connectivity index (χ2n) is 7.14. The van der Waals surface area contributed by atoms with E-state index in [9.17, 15) is 9.59 Å². The van der Waals surface area contributed by atoms with Crippen molar-refractivity contribution >= 4 is 40.9 Å². The maximum atomic E-state index is 12.4. The fraction of sp³-hybridized carbons (Fsp3) is 0.208. The highest BCUT2D eigenvalue weighted by Gasteiger charge is 2.11. The van der Waals surface area contributed by atoms with Crippen LogP contribution >= 0.6 is 11.6 Å². The first-order valence-electron chi connectivity index (χ1n) is 10.0. The molecule has 1 aromatic heterocycles. The molecular formula is C24H25ClN4O2. The molecule has 1 heterocycles. The molecule has 0 spiro atoms. The molecule has 0 aliphatic heterocycles. The molecule has 160 valence electrons. The first kappa shape index (κ1) is 22.3. The van der Waals surface area contributed by atoms with E-state index >= 15 is 0 Å². The minimum absolute atomic E-state index is 0.0804. The van der Waals surface area contributed by atoms with Crippen LogP contribution in [0, 0.1) is 13.8 Å². The number of aromatic nitrogens is 2. The van der Waals surface area contributed by atoms with Crippen LogP contribution in [0.3, 0.4) is 0 Å². The number of rotatable bonds is 7. The van der Waals surface area contributed by atoms with E-state index in [0.717, 1.165) is 22.5 Å². The minimum atomic E-state index is -0.267. The van der Waals surface area contributed by atoms with Crippen molar-refractivity contribution in [1.29, 1.82) is 0 Å². The third-order valence-electron chi connectivity index (χ3n) is 4.85. The number of benzene rings is 2. The highest BCUT2D eigenvalue weighted by Crippen LogP contribution is 2.21. The predicted octanol–water partition coefficient (Wildman–Crippen LogP) is 5.20. The van der Waals surface area contributed by atoms with Gasteiger partial charge in [0.15, 0.2) is 0 Å². The van der Waals surface area contributed by atoms with Crippen LogP contribution in [0.4, 0.5) is 11.4 Å². The second-order valence-corrected chi connectivity index (χ2v) is 7.55. The molecule has 2 N–H and O–H groups in total. The number of carbonyl (C=O) groups is 2. The standard InChI is InChI=1S/C24H25ClN4O2/c1-4-23(30)26-19-9-7-10-20(14-19)27-24(31)13-12-21-16(2)28-29(17(21)3)15-18-8-5-6-11-22(18)25/h5-14H,4,15H2,1-3H3,(H,26,30)(H,27,31)/b13-12+. The molecule has 0 unspecified atom stereocenters. The third kappa shape index (κ3) is 5.83. The maximum absolute atomic E-state index is 12.4. The molecule has 0 saturated carbocycles. The Morgan fingerprint density at radius 1 is 1.06 bits per heavy atom. The summed E-state index contributed by atoms with van der Waals surface area (Å²) >= 11 is 6.27. The molecule has 3 aromatic rings. The first-order chi connectivity index (χ1) is 14.9. The van der Waals surface area contributed by atoms with Gasteiger partial charge in [-0.3, -0.25) is 14.3 Å². The van der Waals surface area contributed by atoms with Gasteiger partial charge in [0.05, 0.1) is 12.2 Å². The lowest BCUT2D eigenvalue weighted by molar-refractivity contribution is -0.116. The van der Waals surface area contributed by atoms with E-state index in [0.29, 0.717) is 29.4 Å². The Kier molecular flexibility index (Phi) is 7.26. The molecule has 0 bridgehead atoms. The van der Waals surface area contributed by atoms with Crippen LogP contribution in [0.25, 0.3) is 6.08 Å². The van der Waals surface area contributed by atoms with E-state index in [2.05, 4.69) is 15.7 Å². The lowest BCUT2D eigenvalue weighted by Crippen LogP contribution is -2.11. The Balaban J connectivity index is 1.70. The molecule has 0 aliphatic rings. The summed E-state index contributed by atoms with van der Waals surface area (Å²) < 4.78 is 1.88. The molecule has 3 rings (SSSR count). The van der Waals surface area contributed by atoms with Gasteiger partial charge in [0.2, 0.25) is 11.8 Å². The number of hydrogen-bond donors (Lipinski definition) is 2. The number of amides is 2. The van der Waals surface area contributed by atoms with Crippen LogP contribution in [0.1, 0.15) is 35.9 Å². The van der Waals surface area contributed by atoms with E-state index in [1.807, 2.05) is 42.8 Å². The lowest BCUT2D eigenvalue weighted by atomic mass is 10.1. The highest BCUT2D eigenvalue weighted by atomic mass is 35.5. The van der Waals surface area contributed by atoms with Gasteiger partial charge in [0, 0.05) is 40.2 Å². The van der Waals surface area contributed by atoms with E-state index < -0.39 is 0 Å². The number of nitrogens with zero attached hydrogens (tertiary/aromatic N) is 2. The van der Waals surface area contributed by atoms with Gasteiger partial charge in [-0.1, -0.05) is 42.8 Å². The SMILES string of the molecule is CCC(=O)Nc1cccc(NC(=O)/C=C/c2c(C)nn(Cc3ccccc3Cl)c2C)c1. The third-order valence-corrected chi connectivity index (χ3v) is 5.22. The lowest BCUT2D eigenvalue weighted by Gasteiger charge is -2.07. The highest BCUT2D eigenvalue weighted by molar-refractivity contribution is 6.31. The summed E-state index contributed by atoms with van der Waals surface area (Å²) in [5, 5.41) is 10.9. The zero-order valence-corrected chi connectivity index (χ0v) is 18.5. The van der Waals surface area contributed by atoms with E-state index in [1.165, 1.54) is 6.08 Å². The zero-order chi connectivity index (χ0) is 22.4. The molecule has 2 amide bonds. The fourth-order valence-corrected chi connectivity index (χ4v) is 3.36. The van der Waals surface area contributed by atoms with Crippen LogP contribution in [0.2, 0.25) is 5.02 Å². The Morgan fingerprint density at radius 2 is 1.77 bits per heavy atom. The largest absolute Gasteiger partial charge is 0.326 e. The number of carbonyl (C=O) groups excluding carboxylic acids is 2. The van der Waals surface area contributed by atoms with Crippen LogP contribution in [-0.2, 0) is 16.1 Å². The average Bonchev–Trinajstić information content (AvgIpc) is 3.01. The predicted molar refractivity (Wildman–Crippen MR) is 125 cm³/mol. The Morgan fingerprint density at radius 3 is 2.48 bits per heavy atom. The van der Waals surface area contributed by atoms with Crippen LogP contribution in [-0.4, -0.2) is 21.6 Å². The number of aryl methyl sites for hydroxylation is 1. The normalized spacial score (nSPS) is 11.0. The van der Waals surface area contributed by atoms with Crippen molar-refractivity contribution in [2.24, 2.45) is 0 Å². The van der Waals surface area contributed by atoms with Crippen LogP contribution < -0.4 is 10.6 Å². The number of halogens is 1. The summed E-state index contributed by atoms with van der Waals surface area (Å²) in [6.07, 6.45) is 3.63. The minimum Gasteiger partial charge on any atom is -0.326 e. The Labute approximate surface area is 186 Å². The van der Waals surface area contributed by atoms with Crippen molar-refractivity contribution in [2.75, 3.05) is 10.6 Å². The summed E-state index contributed by atoms with van der Waals surface area (Å²) in [7, 11) is 0. The Hall–Kier alpha value is -3.38. The molecule has 6 nitrogen and oxygen atoms in total. The average molecular weight is 437 g/mol.